The monoisotopic (exact) mass is 177 g/mol. The molecule has 4 heteroatoms. The van der Waals surface area contributed by atoms with Crippen molar-refractivity contribution in [2.24, 2.45) is 5.92 Å². The van der Waals surface area contributed by atoms with Gasteiger partial charge >= 0.3 is 0 Å². The van der Waals surface area contributed by atoms with E-state index in [1.54, 1.807) is 13.0 Å². The van der Waals surface area contributed by atoms with Crippen LogP contribution >= 0.6 is 0 Å². The average Bonchev–Trinajstić information content (AvgIpc) is 2.11. The second kappa shape index (κ2) is 3.85. The van der Waals surface area contributed by atoms with Crippen LogP contribution in [-0.4, -0.2) is 9.78 Å². The molecule has 1 aromatic heterocycles. The topological polar surface area (TPSA) is 58.7 Å². The van der Waals surface area contributed by atoms with Crippen molar-refractivity contribution < 1.29 is 0 Å². The van der Waals surface area contributed by atoms with Crippen LogP contribution in [0.1, 0.15) is 12.6 Å². The lowest BCUT2D eigenvalue weighted by atomic mass is 10.2. The fraction of sp³-hybridized carbons (Fsp3) is 0.444. The number of hydrogen-bond acceptors (Lipinski definition) is 3. The first-order valence-corrected chi connectivity index (χ1v) is 4.08. The molecule has 0 bridgehead atoms. The van der Waals surface area contributed by atoms with Gasteiger partial charge in [0.25, 0.3) is 5.56 Å². The van der Waals surface area contributed by atoms with Gasteiger partial charge < -0.3 is 0 Å². The second-order valence-electron chi connectivity index (χ2n) is 3.03. The molecule has 1 atom stereocenters. The van der Waals surface area contributed by atoms with Crippen molar-refractivity contribution in [2.45, 2.75) is 20.4 Å². The fourth-order valence-electron chi connectivity index (χ4n) is 0.982. The van der Waals surface area contributed by atoms with E-state index >= 15 is 0 Å². The van der Waals surface area contributed by atoms with E-state index < -0.39 is 0 Å². The van der Waals surface area contributed by atoms with Gasteiger partial charge in [0.15, 0.2) is 0 Å². The number of nitriles is 1. The van der Waals surface area contributed by atoms with Crippen molar-refractivity contribution in [1.29, 1.82) is 5.26 Å². The van der Waals surface area contributed by atoms with E-state index in [2.05, 4.69) is 11.2 Å². The molecule has 0 radical (unpaired) electrons. The molecule has 0 aromatic carbocycles. The number of aromatic nitrogens is 2. The first-order valence-electron chi connectivity index (χ1n) is 4.08. The number of hydrogen-bond donors (Lipinski definition) is 0. The molecule has 0 N–H and O–H groups in total. The third-order valence-electron chi connectivity index (χ3n) is 1.67. The lowest BCUT2D eigenvalue weighted by Gasteiger charge is -2.05. The zero-order valence-corrected chi connectivity index (χ0v) is 7.69. The summed E-state index contributed by atoms with van der Waals surface area (Å²) in [5.74, 6) is -0.188. The molecular weight excluding hydrogens is 166 g/mol. The standard InChI is InChI=1S/C9H11N3O/c1-7(5-10)6-12-9(13)4-3-8(2)11-12/h3-4,7H,6H2,1-2H3. The smallest absolute Gasteiger partial charge is 0.266 e. The number of nitrogens with zero attached hydrogens (tertiary/aromatic N) is 3. The zero-order chi connectivity index (χ0) is 9.84. The largest absolute Gasteiger partial charge is 0.268 e. The van der Waals surface area contributed by atoms with Crippen molar-refractivity contribution in [3.63, 3.8) is 0 Å². The molecular formula is C9H11N3O. The van der Waals surface area contributed by atoms with E-state index in [1.807, 2.05) is 6.92 Å². The highest BCUT2D eigenvalue weighted by Gasteiger charge is 2.03. The van der Waals surface area contributed by atoms with Gasteiger partial charge in [0.2, 0.25) is 0 Å². The summed E-state index contributed by atoms with van der Waals surface area (Å²) in [6, 6.07) is 5.19. The Balaban J connectivity index is 2.95. The maximum absolute atomic E-state index is 11.2. The van der Waals surface area contributed by atoms with Gasteiger partial charge in [-0.25, -0.2) is 4.68 Å². The Labute approximate surface area is 76.4 Å². The predicted molar refractivity (Wildman–Crippen MR) is 48.0 cm³/mol. The highest BCUT2D eigenvalue weighted by Crippen LogP contribution is 1.94. The molecule has 4 nitrogen and oxygen atoms in total. The summed E-state index contributed by atoms with van der Waals surface area (Å²) < 4.78 is 1.32. The van der Waals surface area contributed by atoms with Gasteiger partial charge in [-0.1, -0.05) is 0 Å². The van der Waals surface area contributed by atoms with Crippen LogP contribution in [0.4, 0.5) is 0 Å². The van der Waals surface area contributed by atoms with E-state index in [0.717, 1.165) is 5.69 Å². The molecule has 0 fully saturated rings. The second-order valence-corrected chi connectivity index (χ2v) is 3.03. The van der Waals surface area contributed by atoms with E-state index in [1.165, 1.54) is 10.7 Å². The van der Waals surface area contributed by atoms with Crippen molar-refractivity contribution in [2.75, 3.05) is 0 Å². The van der Waals surface area contributed by atoms with Crippen LogP contribution in [0.5, 0.6) is 0 Å². The summed E-state index contributed by atoms with van der Waals surface area (Å²) in [6.45, 7) is 3.93. The van der Waals surface area contributed by atoms with Gasteiger partial charge in [0.05, 0.1) is 24.2 Å². The Morgan fingerprint density at radius 1 is 1.69 bits per heavy atom. The highest BCUT2D eigenvalue weighted by molar-refractivity contribution is 4.97. The lowest BCUT2D eigenvalue weighted by molar-refractivity contribution is 0.499. The van der Waals surface area contributed by atoms with Crippen LogP contribution in [0.25, 0.3) is 0 Å². The summed E-state index contributed by atoms with van der Waals surface area (Å²) in [5, 5.41) is 12.6. The Hall–Kier alpha value is -1.63. The molecule has 68 valence electrons. The molecule has 0 saturated carbocycles. The third kappa shape index (κ3) is 2.41. The quantitative estimate of drug-likeness (QED) is 0.668. The van der Waals surface area contributed by atoms with Gasteiger partial charge in [-0.3, -0.25) is 4.79 Å². The molecule has 0 aliphatic carbocycles. The third-order valence-corrected chi connectivity index (χ3v) is 1.67. The van der Waals surface area contributed by atoms with Crippen LogP contribution in [0.15, 0.2) is 16.9 Å². The normalized spacial score (nSPS) is 12.1. The van der Waals surface area contributed by atoms with Crippen molar-refractivity contribution >= 4 is 0 Å². The van der Waals surface area contributed by atoms with Gasteiger partial charge in [-0.2, -0.15) is 10.4 Å². The number of aryl methyl sites for hydroxylation is 1. The predicted octanol–water partition coefficient (Wildman–Crippen LogP) is 0.711. The van der Waals surface area contributed by atoms with Crippen LogP contribution < -0.4 is 5.56 Å². The van der Waals surface area contributed by atoms with Crippen LogP contribution in [0, 0.1) is 24.2 Å². The Bertz CT molecular complexity index is 389. The van der Waals surface area contributed by atoms with Crippen molar-refractivity contribution in [1.82, 2.24) is 9.78 Å². The molecule has 0 spiro atoms. The molecule has 13 heavy (non-hydrogen) atoms. The summed E-state index contributed by atoms with van der Waals surface area (Å²) in [7, 11) is 0. The minimum Gasteiger partial charge on any atom is -0.268 e. The maximum atomic E-state index is 11.2. The molecule has 1 rings (SSSR count). The molecule has 0 saturated heterocycles. The van der Waals surface area contributed by atoms with Crippen LogP contribution in [-0.2, 0) is 6.54 Å². The maximum Gasteiger partial charge on any atom is 0.266 e. The van der Waals surface area contributed by atoms with E-state index in [9.17, 15) is 4.79 Å². The lowest BCUT2D eigenvalue weighted by Crippen LogP contribution is -2.24. The van der Waals surface area contributed by atoms with Gasteiger partial charge in [0.1, 0.15) is 0 Å². The Kier molecular flexibility index (Phi) is 2.80. The van der Waals surface area contributed by atoms with E-state index in [0.29, 0.717) is 6.54 Å². The minimum atomic E-state index is -0.188. The molecule has 0 aliphatic heterocycles. The first kappa shape index (κ1) is 9.46. The van der Waals surface area contributed by atoms with E-state index in [4.69, 9.17) is 5.26 Å². The molecule has 1 unspecified atom stereocenters. The number of rotatable bonds is 2. The van der Waals surface area contributed by atoms with Crippen LogP contribution in [0.2, 0.25) is 0 Å². The SMILES string of the molecule is Cc1ccc(=O)n(CC(C)C#N)n1. The van der Waals surface area contributed by atoms with Crippen molar-refractivity contribution in [3.05, 3.63) is 28.2 Å². The molecule has 1 aromatic rings. The van der Waals surface area contributed by atoms with Gasteiger partial charge in [-0.15, -0.1) is 0 Å². The summed E-state index contributed by atoms with van der Waals surface area (Å²) in [4.78, 5) is 11.2. The summed E-state index contributed by atoms with van der Waals surface area (Å²) >= 11 is 0. The summed E-state index contributed by atoms with van der Waals surface area (Å²) in [5.41, 5.74) is 0.623. The summed E-state index contributed by atoms with van der Waals surface area (Å²) in [6.07, 6.45) is 0. The van der Waals surface area contributed by atoms with Gasteiger partial charge in [-0.05, 0) is 19.9 Å². The van der Waals surface area contributed by atoms with Crippen molar-refractivity contribution in [3.8, 4) is 6.07 Å². The Morgan fingerprint density at radius 2 is 2.38 bits per heavy atom. The fourth-order valence-corrected chi connectivity index (χ4v) is 0.982. The van der Waals surface area contributed by atoms with E-state index in [-0.39, 0.29) is 11.5 Å². The molecule has 0 aliphatic rings. The zero-order valence-electron chi connectivity index (χ0n) is 7.69. The minimum absolute atomic E-state index is 0.160. The highest BCUT2D eigenvalue weighted by atomic mass is 16.1. The molecule has 1 heterocycles. The first-order chi connectivity index (χ1) is 6.13. The average molecular weight is 177 g/mol. The molecule has 0 amide bonds. The van der Waals surface area contributed by atoms with Crippen LogP contribution in [0.3, 0.4) is 0 Å². The van der Waals surface area contributed by atoms with Gasteiger partial charge in [0, 0.05) is 6.07 Å². The Morgan fingerprint density at radius 3 is 3.00 bits per heavy atom.